The van der Waals surface area contributed by atoms with Crippen molar-refractivity contribution in [3.63, 3.8) is 0 Å². The SMILES string of the molecule is CCN(CC)[C@@H](CNC(=S)Nc1ccccc1C)c1ccccc1Cl. The highest BCUT2D eigenvalue weighted by molar-refractivity contribution is 7.80. The van der Waals surface area contributed by atoms with E-state index in [4.69, 9.17) is 23.8 Å². The van der Waals surface area contributed by atoms with Crippen LogP contribution in [0.15, 0.2) is 48.5 Å². The molecule has 0 spiro atoms. The standard InChI is InChI=1S/C20H26ClN3S/c1-4-24(5-2)19(16-11-7-8-12-17(16)21)14-22-20(25)23-18-13-9-6-10-15(18)3/h6-13,19H,4-5,14H2,1-3H3,(H2,22,23,25)/t19-/m0/s1. The number of halogens is 1. The summed E-state index contributed by atoms with van der Waals surface area (Å²) < 4.78 is 0. The lowest BCUT2D eigenvalue weighted by Gasteiger charge is -2.31. The third-order valence-electron chi connectivity index (χ3n) is 4.37. The normalized spacial score (nSPS) is 12.0. The number of hydrogen-bond donors (Lipinski definition) is 2. The molecule has 0 heterocycles. The molecule has 1 atom stereocenters. The van der Waals surface area contributed by atoms with Gasteiger partial charge in [0.05, 0.1) is 6.04 Å². The van der Waals surface area contributed by atoms with Gasteiger partial charge >= 0.3 is 0 Å². The number of anilines is 1. The van der Waals surface area contributed by atoms with Crippen LogP contribution < -0.4 is 10.6 Å². The summed E-state index contributed by atoms with van der Waals surface area (Å²) in [5, 5.41) is 8.04. The van der Waals surface area contributed by atoms with Gasteiger partial charge in [-0.3, -0.25) is 4.90 Å². The average Bonchev–Trinajstić information content (AvgIpc) is 2.61. The first-order valence-electron chi connectivity index (χ1n) is 8.65. The zero-order valence-electron chi connectivity index (χ0n) is 15.1. The Kier molecular flexibility index (Phi) is 7.69. The third-order valence-corrected chi connectivity index (χ3v) is 4.96. The maximum Gasteiger partial charge on any atom is 0.170 e. The van der Waals surface area contributed by atoms with Gasteiger partial charge in [0, 0.05) is 17.3 Å². The first-order chi connectivity index (χ1) is 12.1. The summed E-state index contributed by atoms with van der Waals surface area (Å²) in [5.74, 6) is 0. The largest absolute Gasteiger partial charge is 0.361 e. The van der Waals surface area contributed by atoms with Crippen molar-refractivity contribution in [2.24, 2.45) is 0 Å². The summed E-state index contributed by atoms with van der Waals surface area (Å²) in [6.07, 6.45) is 0. The van der Waals surface area contributed by atoms with Crippen LogP contribution in [0.4, 0.5) is 5.69 Å². The molecule has 2 aromatic rings. The van der Waals surface area contributed by atoms with Crippen LogP contribution >= 0.6 is 23.8 Å². The number of nitrogens with zero attached hydrogens (tertiary/aromatic N) is 1. The molecule has 0 bridgehead atoms. The lowest BCUT2D eigenvalue weighted by molar-refractivity contribution is 0.219. The zero-order chi connectivity index (χ0) is 18.2. The van der Waals surface area contributed by atoms with E-state index in [-0.39, 0.29) is 6.04 Å². The summed E-state index contributed by atoms with van der Waals surface area (Å²) >= 11 is 11.9. The van der Waals surface area contributed by atoms with Crippen molar-refractivity contribution < 1.29 is 0 Å². The molecule has 3 nitrogen and oxygen atoms in total. The number of para-hydroxylation sites is 1. The van der Waals surface area contributed by atoms with Gasteiger partial charge in [0.1, 0.15) is 0 Å². The number of thiocarbonyl (C=S) groups is 1. The van der Waals surface area contributed by atoms with E-state index in [9.17, 15) is 0 Å². The summed E-state index contributed by atoms with van der Waals surface area (Å²) in [6, 6.07) is 16.3. The van der Waals surface area contributed by atoms with E-state index in [0.717, 1.165) is 34.9 Å². The van der Waals surface area contributed by atoms with E-state index in [1.54, 1.807) is 0 Å². The van der Waals surface area contributed by atoms with Crippen LogP contribution in [0, 0.1) is 6.92 Å². The van der Waals surface area contributed by atoms with E-state index in [1.807, 2.05) is 36.4 Å². The predicted molar refractivity (Wildman–Crippen MR) is 113 cm³/mol. The van der Waals surface area contributed by atoms with E-state index in [0.29, 0.717) is 11.7 Å². The Morgan fingerprint density at radius 3 is 2.36 bits per heavy atom. The molecule has 0 amide bonds. The van der Waals surface area contributed by atoms with Crippen LogP contribution in [0.1, 0.15) is 31.0 Å². The molecule has 0 aliphatic heterocycles. The second-order valence-corrected chi connectivity index (χ2v) is 6.72. The Bertz CT molecular complexity index is 701. The number of aryl methyl sites for hydroxylation is 1. The molecule has 0 saturated heterocycles. The molecule has 2 rings (SSSR count). The fraction of sp³-hybridized carbons (Fsp3) is 0.350. The molecule has 0 aliphatic carbocycles. The van der Waals surface area contributed by atoms with Crippen molar-refractivity contribution in [1.29, 1.82) is 0 Å². The quantitative estimate of drug-likeness (QED) is 0.664. The molecule has 0 unspecified atom stereocenters. The van der Waals surface area contributed by atoms with Crippen molar-refractivity contribution in [2.45, 2.75) is 26.8 Å². The first-order valence-corrected chi connectivity index (χ1v) is 9.44. The Morgan fingerprint density at radius 2 is 1.72 bits per heavy atom. The lowest BCUT2D eigenvalue weighted by atomic mass is 10.0. The van der Waals surface area contributed by atoms with Crippen LogP contribution in [-0.2, 0) is 0 Å². The molecule has 0 aromatic heterocycles. The Morgan fingerprint density at radius 1 is 1.08 bits per heavy atom. The predicted octanol–water partition coefficient (Wildman–Crippen LogP) is 5.02. The van der Waals surface area contributed by atoms with Crippen LogP contribution in [-0.4, -0.2) is 29.6 Å². The van der Waals surface area contributed by atoms with Crippen LogP contribution in [0.25, 0.3) is 0 Å². The van der Waals surface area contributed by atoms with Gasteiger partial charge in [0.25, 0.3) is 0 Å². The van der Waals surface area contributed by atoms with Gasteiger partial charge in [0.15, 0.2) is 5.11 Å². The molecule has 0 aliphatic rings. The van der Waals surface area contributed by atoms with Crippen molar-refractivity contribution in [1.82, 2.24) is 10.2 Å². The van der Waals surface area contributed by atoms with E-state index >= 15 is 0 Å². The van der Waals surface area contributed by atoms with Gasteiger partial charge < -0.3 is 10.6 Å². The van der Waals surface area contributed by atoms with Crippen molar-refractivity contribution in [3.8, 4) is 0 Å². The summed E-state index contributed by atoms with van der Waals surface area (Å²) in [7, 11) is 0. The van der Waals surface area contributed by atoms with Gasteiger partial charge in [0.2, 0.25) is 0 Å². The smallest absolute Gasteiger partial charge is 0.170 e. The number of rotatable bonds is 7. The Labute approximate surface area is 161 Å². The van der Waals surface area contributed by atoms with Gasteiger partial charge in [-0.2, -0.15) is 0 Å². The molecule has 0 saturated carbocycles. The van der Waals surface area contributed by atoms with Gasteiger partial charge in [-0.15, -0.1) is 0 Å². The number of likely N-dealkylation sites (N-methyl/N-ethyl adjacent to an activating group) is 1. The van der Waals surface area contributed by atoms with E-state index in [2.05, 4.69) is 48.4 Å². The molecular weight excluding hydrogens is 350 g/mol. The minimum atomic E-state index is 0.167. The minimum absolute atomic E-state index is 0.167. The zero-order valence-corrected chi connectivity index (χ0v) is 16.6. The molecule has 2 N–H and O–H groups in total. The minimum Gasteiger partial charge on any atom is -0.361 e. The second-order valence-electron chi connectivity index (χ2n) is 5.91. The Hall–Kier alpha value is -1.62. The van der Waals surface area contributed by atoms with Crippen LogP contribution in [0.5, 0.6) is 0 Å². The number of benzene rings is 2. The van der Waals surface area contributed by atoms with Crippen molar-refractivity contribution in [2.75, 3.05) is 25.0 Å². The highest BCUT2D eigenvalue weighted by Crippen LogP contribution is 2.27. The van der Waals surface area contributed by atoms with Crippen molar-refractivity contribution >= 4 is 34.6 Å². The van der Waals surface area contributed by atoms with E-state index < -0.39 is 0 Å². The van der Waals surface area contributed by atoms with Gasteiger partial charge in [-0.25, -0.2) is 0 Å². The van der Waals surface area contributed by atoms with Gasteiger partial charge in [-0.05, 0) is 55.5 Å². The molecular formula is C20H26ClN3S. The first kappa shape index (κ1) is 19.7. The number of nitrogens with one attached hydrogen (secondary N) is 2. The highest BCUT2D eigenvalue weighted by atomic mass is 35.5. The van der Waals surface area contributed by atoms with Gasteiger partial charge in [-0.1, -0.05) is 61.8 Å². The highest BCUT2D eigenvalue weighted by Gasteiger charge is 2.20. The maximum absolute atomic E-state index is 6.44. The lowest BCUT2D eigenvalue weighted by Crippen LogP contribution is -2.39. The molecule has 0 fully saturated rings. The molecule has 2 aromatic carbocycles. The second kappa shape index (κ2) is 9.76. The summed E-state index contributed by atoms with van der Waals surface area (Å²) in [4.78, 5) is 2.38. The summed E-state index contributed by atoms with van der Waals surface area (Å²) in [5.41, 5.74) is 3.31. The molecule has 5 heteroatoms. The maximum atomic E-state index is 6.44. The topological polar surface area (TPSA) is 27.3 Å². The van der Waals surface area contributed by atoms with Crippen LogP contribution in [0.3, 0.4) is 0 Å². The van der Waals surface area contributed by atoms with Crippen LogP contribution in [0.2, 0.25) is 5.02 Å². The van der Waals surface area contributed by atoms with E-state index in [1.165, 1.54) is 0 Å². The fourth-order valence-electron chi connectivity index (χ4n) is 2.91. The fourth-order valence-corrected chi connectivity index (χ4v) is 3.37. The number of hydrogen-bond acceptors (Lipinski definition) is 2. The third kappa shape index (κ3) is 5.43. The summed E-state index contributed by atoms with van der Waals surface area (Å²) in [6.45, 7) is 8.99. The average molecular weight is 376 g/mol. The molecule has 0 radical (unpaired) electrons. The van der Waals surface area contributed by atoms with Crippen molar-refractivity contribution in [3.05, 3.63) is 64.7 Å². The molecule has 134 valence electrons. The Balaban J connectivity index is 2.08. The molecule has 25 heavy (non-hydrogen) atoms. The monoisotopic (exact) mass is 375 g/mol.